The number of likely N-dealkylation sites (tertiary alicyclic amines) is 1. The van der Waals surface area contributed by atoms with Gasteiger partial charge in [-0.05, 0) is 30.5 Å². The Morgan fingerprint density at radius 3 is 2.19 bits per heavy atom. The summed E-state index contributed by atoms with van der Waals surface area (Å²) < 4.78 is 38.1. The molecule has 0 unspecified atom stereocenters. The van der Waals surface area contributed by atoms with Gasteiger partial charge in [-0.1, -0.05) is 0 Å². The fourth-order valence-electron chi connectivity index (χ4n) is 2.28. The molecule has 0 atom stereocenters. The molecule has 0 aromatic heterocycles. The summed E-state index contributed by atoms with van der Waals surface area (Å²) in [5.41, 5.74) is -2.22. The molecule has 1 aliphatic heterocycles. The molecule has 0 radical (unpaired) electrons. The molecule has 0 saturated carbocycles. The zero-order chi connectivity index (χ0) is 15.7. The van der Waals surface area contributed by atoms with Crippen LogP contribution in [0.5, 0.6) is 0 Å². The van der Waals surface area contributed by atoms with Crippen LogP contribution in [0.15, 0.2) is 29.2 Å². The Morgan fingerprint density at radius 2 is 1.76 bits per heavy atom. The second kappa shape index (κ2) is 5.88. The molecule has 3 nitrogen and oxygen atoms in total. The first kappa shape index (κ1) is 16.2. The normalized spacial score (nSPS) is 18.6. The molecular formula is C14H16F3NO2S. The molecule has 116 valence electrons. The van der Waals surface area contributed by atoms with Crippen LogP contribution in [-0.2, 0) is 0 Å². The molecule has 1 saturated heterocycles. The maximum absolute atomic E-state index is 12.7. The molecule has 1 amide bonds. The van der Waals surface area contributed by atoms with Crippen LogP contribution < -0.4 is 0 Å². The van der Waals surface area contributed by atoms with Gasteiger partial charge in [0.1, 0.15) is 0 Å². The predicted octanol–water partition coefficient (Wildman–Crippen LogP) is 2.94. The molecule has 2 rings (SSSR count). The van der Waals surface area contributed by atoms with Crippen molar-refractivity contribution in [3.05, 3.63) is 29.8 Å². The number of carbonyl (C=O) groups is 1. The van der Waals surface area contributed by atoms with E-state index in [-0.39, 0.29) is 19.0 Å². The van der Waals surface area contributed by atoms with Crippen molar-refractivity contribution < 1.29 is 23.1 Å². The molecule has 1 fully saturated rings. The molecular weight excluding hydrogens is 303 g/mol. The van der Waals surface area contributed by atoms with E-state index in [1.165, 1.54) is 4.90 Å². The molecule has 0 spiro atoms. The monoisotopic (exact) mass is 319 g/mol. The zero-order valence-electron chi connectivity index (χ0n) is 11.5. The van der Waals surface area contributed by atoms with E-state index < -0.39 is 24.6 Å². The van der Waals surface area contributed by atoms with E-state index in [0.29, 0.717) is 5.56 Å². The van der Waals surface area contributed by atoms with Crippen LogP contribution in [0.3, 0.4) is 0 Å². The van der Waals surface area contributed by atoms with Crippen LogP contribution in [0.25, 0.3) is 0 Å². The zero-order valence-corrected chi connectivity index (χ0v) is 12.3. The lowest BCUT2D eigenvalue weighted by atomic mass is 9.90. The highest BCUT2D eigenvalue weighted by atomic mass is 32.2. The lowest BCUT2D eigenvalue weighted by molar-refractivity contribution is -0.271. The smallest absolute Gasteiger partial charge is 0.380 e. The van der Waals surface area contributed by atoms with Gasteiger partial charge in [0.25, 0.3) is 5.91 Å². The van der Waals surface area contributed by atoms with Crippen molar-refractivity contribution in [2.45, 2.75) is 29.5 Å². The minimum absolute atomic E-state index is 0.0981. The van der Waals surface area contributed by atoms with Gasteiger partial charge in [-0.25, -0.2) is 0 Å². The highest BCUT2D eigenvalue weighted by Crippen LogP contribution is 2.38. The predicted molar refractivity (Wildman–Crippen MR) is 74.4 cm³/mol. The number of halogens is 3. The van der Waals surface area contributed by atoms with Crippen molar-refractivity contribution in [2.24, 2.45) is 0 Å². The van der Waals surface area contributed by atoms with Gasteiger partial charge in [0.15, 0.2) is 5.60 Å². The van der Waals surface area contributed by atoms with Gasteiger partial charge in [-0.15, -0.1) is 11.8 Å². The second-order valence-corrected chi connectivity index (χ2v) is 5.93. The Bertz CT molecular complexity index is 508. The number of rotatable bonds is 2. The minimum atomic E-state index is -4.65. The second-order valence-electron chi connectivity index (χ2n) is 5.05. The summed E-state index contributed by atoms with van der Waals surface area (Å²) in [6.07, 6.45) is -3.70. The number of aliphatic hydroxyl groups is 1. The van der Waals surface area contributed by atoms with Crippen LogP contribution in [-0.4, -0.2) is 47.0 Å². The molecule has 1 aromatic rings. The number of thioether (sulfide) groups is 1. The molecule has 21 heavy (non-hydrogen) atoms. The maximum Gasteiger partial charge on any atom is 0.417 e. The minimum Gasteiger partial charge on any atom is -0.380 e. The van der Waals surface area contributed by atoms with Crippen LogP contribution >= 0.6 is 11.8 Å². The van der Waals surface area contributed by atoms with Crippen molar-refractivity contribution in [1.29, 1.82) is 0 Å². The Hall–Kier alpha value is -1.21. The van der Waals surface area contributed by atoms with E-state index in [0.717, 1.165) is 4.90 Å². The number of nitrogens with zero attached hydrogens (tertiary/aromatic N) is 1. The number of amides is 1. The fourth-order valence-corrected chi connectivity index (χ4v) is 2.69. The van der Waals surface area contributed by atoms with Crippen LogP contribution in [0.4, 0.5) is 13.2 Å². The van der Waals surface area contributed by atoms with E-state index in [4.69, 9.17) is 0 Å². The van der Waals surface area contributed by atoms with Crippen LogP contribution in [0.2, 0.25) is 0 Å². The first-order valence-electron chi connectivity index (χ1n) is 6.49. The third kappa shape index (κ3) is 3.35. The number of alkyl halides is 3. The molecule has 0 bridgehead atoms. The highest BCUT2D eigenvalue weighted by molar-refractivity contribution is 7.98. The first-order valence-corrected chi connectivity index (χ1v) is 7.72. The average molecular weight is 319 g/mol. The fraction of sp³-hybridized carbons (Fsp3) is 0.500. The van der Waals surface area contributed by atoms with Crippen molar-refractivity contribution in [1.82, 2.24) is 4.90 Å². The van der Waals surface area contributed by atoms with Crippen LogP contribution in [0.1, 0.15) is 23.2 Å². The molecule has 1 N–H and O–H groups in total. The largest absolute Gasteiger partial charge is 0.417 e. The summed E-state index contributed by atoms with van der Waals surface area (Å²) in [5.74, 6) is -0.299. The number of piperidine rings is 1. The van der Waals surface area contributed by atoms with Gasteiger partial charge in [-0.3, -0.25) is 4.79 Å². The average Bonchev–Trinajstić information content (AvgIpc) is 2.46. The van der Waals surface area contributed by atoms with Gasteiger partial charge in [0, 0.05) is 36.4 Å². The summed E-state index contributed by atoms with van der Waals surface area (Å²) in [6.45, 7) is -0.196. The van der Waals surface area contributed by atoms with Gasteiger partial charge in [0.2, 0.25) is 0 Å². The van der Waals surface area contributed by atoms with Gasteiger partial charge >= 0.3 is 6.18 Å². The lowest BCUT2D eigenvalue weighted by Gasteiger charge is -2.39. The number of hydrogen-bond acceptors (Lipinski definition) is 3. The quantitative estimate of drug-likeness (QED) is 0.852. The Balaban J connectivity index is 2.03. The maximum atomic E-state index is 12.7. The standard InChI is InChI=1S/C14H16F3NO2S/c1-21-11-4-2-10(3-5-11)12(19)18-8-6-13(20,7-9-18)14(15,16)17/h2-5,20H,6-9H2,1H3. The summed E-state index contributed by atoms with van der Waals surface area (Å²) in [4.78, 5) is 14.6. The lowest BCUT2D eigenvalue weighted by Crippen LogP contribution is -2.54. The van der Waals surface area contributed by atoms with Gasteiger partial charge in [-0.2, -0.15) is 13.2 Å². The first-order chi connectivity index (χ1) is 9.77. The number of hydrogen-bond donors (Lipinski definition) is 1. The van der Waals surface area contributed by atoms with E-state index in [2.05, 4.69) is 0 Å². The Labute approximate surface area is 125 Å². The highest BCUT2D eigenvalue weighted by Gasteiger charge is 2.54. The van der Waals surface area contributed by atoms with Crippen molar-refractivity contribution in [3.63, 3.8) is 0 Å². The third-order valence-corrected chi connectivity index (χ3v) is 4.49. The SMILES string of the molecule is CSc1ccc(C(=O)N2CCC(O)(C(F)(F)F)CC2)cc1. The molecule has 0 aliphatic carbocycles. The number of carbonyl (C=O) groups excluding carboxylic acids is 1. The summed E-state index contributed by atoms with van der Waals surface area (Å²) >= 11 is 1.54. The summed E-state index contributed by atoms with van der Waals surface area (Å²) in [5, 5.41) is 9.58. The Morgan fingerprint density at radius 1 is 1.24 bits per heavy atom. The molecule has 1 aromatic carbocycles. The number of benzene rings is 1. The van der Waals surface area contributed by atoms with Crippen molar-refractivity contribution in [2.75, 3.05) is 19.3 Å². The topological polar surface area (TPSA) is 40.5 Å². The van der Waals surface area contributed by atoms with E-state index in [1.54, 1.807) is 36.0 Å². The molecule has 7 heteroatoms. The van der Waals surface area contributed by atoms with Crippen LogP contribution in [0, 0.1) is 0 Å². The van der Waals surface area contributed by atoms with E-state index in [1.807, 2.05) is 6.26 Å². The van der Waals surface area contributed by atoms with Crippen molar-refractivity contribution in [3.8, 4) is 0 Å². The van der Waals surface area contributed by atoms with E-state index in [9.17, 15) is 23.1 Å². The third-order valence-electron chi connectivity index (χ3n) is 3.74. The molecule has 1 heterocycles. The van der Waals surface area contributed by atoms with Crippen molar-refractivity contribution >= 4 is 17.7 Å². The summed E-state index contributed by atoms with van der Waals surface area (Å²) in [6, 6.07) is 6.93. The van der Waals surface area contributed by atoms with Gasteiger partial charge in [0.05, 0.1) is 0 Å². The van der Waals surface area contributed by atoms with Gasteiger partial charge < -0.3 is 10.0 Å². The molecule has 1 aliphatic rings. The summed E-state index contributed by atoms with van der Waals surface area (Å²) in [7, 11) is 0. The Kier molecular flexibility index (Phi) is 4.53. The van der Waals surface area contributed by atoms with E-state index >= 15 is 0 Å².